The quantitative estimate of drug-likeness (QED) is 0.635. The van der Waals surface area contributed by atoms with Crippen LogP contribution in [0, 0.1) is 11.3 Å². The highest BCUT2D eigenvalue weighted by Gasteiger charge is 2.37. The van der Waals surface area contributed by atoms with Crippen LogP contribution in [-0.4, -0.2) is 29.8 Å². The van der Waals surface area contributed by atoms with Gasteiger partial charge in [-0.2, -0.15) is 12.6 Å². The molecular weight excluding hydrogens is 262 g/mol. The molecule has 1 saturated heterocycles. The number of thiol groups is 1. The molecule has 2 atom stereocenters. The van der Waals surface area contributed by atoms with Crippen LogP contribution < -0.4 is 0 Å². The first-order valence-electron chi connectivity index (χ1n) is 9.09. The van der Waals surface area contributed by atoms with Crippen LogP contribution in [0.25, 0.3) is 0 Å². The summed E-state index contributed by atoms with van der Waals surface area (Å²) >= 11 is 4.76. The average Bonchev–Trinajstić information content (AvgIpc) is 2.48. The van der Waals surface area contributed by atoms with E-state index in [0.717, 1.165) is 17.7 Å². The number of hydrogen-bond acceptors (Lipinski definition) is 2. The molecule has 0 spiro atoms. The van der Waals surface area contributed by atoms with Gasteiger partial charge in [0.2, 0.25) is 0 Å². The van der Waals surface area contributed by atoms with Gasteiger partial charge in [0.25, 0.3) is 0 Å². The monoisotopic (exact) mass is 297 g/mol. The van der Waals surface area contributed by atoms with Gasteiger partial charge in [-0.1, -0.05) is 39.5 Å². The van der Waals surface area contributed by atoms with Crippen LogP contribution in [0.5, 0.6) is 0 Å². The molecule has 0 aromatic rings. The Morgan fingerprint density at radius 1 is 1.00 bits per heavy atom. The van der Waals surface area contributed by atoms with Crippen molar-refractivity contribution in [2.75, 3.05) is 18.8 Å². The number of piperidine rings is 1. The van der Waals surface area contributed by atoms with Gasteiger partial charge in [-0.3, -0.25) is 4.90 Å². The second-order valence-electron chi connectivity index (χ2n) is 7.38. The SMILES string of the molecule is CCCC(CS)(CCC)CN1CCC[C@H]2CCCC[C@H]21. The molecule has 0 bridgehead atoms. The second kappa shape index (κ2) is 8.08. The molecule has 1 nitrogen and oxygen atoms in total. The van der Waals surface area contributed by atoms with Crippen molar-refractivity contribution in [1.29, 1.82) is 0 Å². The van der Waals surface area contributed by atoms with Crippen molar-refractivity contribution in [2.45, 2.75) is 84.1 Å². The van der Waals surface area contributed by atoms with Crippen LogP contribution in [0.4, 0.5) is 0 Å². The number of likely N-dealkylation sites (tertiary alicyclic amines) is 1. The predicted octanol–water partition coefficient (Wildman–Crippen LogP) is 5.16. The lowest BCUT2D eigenvalue weighted by Gasteiger charge is -2.48. The predicted molar refractivity (Wildman–Crippen MR) is 92.7 cm³/mol. The third-order valence-corrected chi connectivity index (χ3v) is 6.46. The molecule has 2 aliphatic rings. The Kier molecular flexibility index (Phi) is 6.74. The van der Waals surface area contributed by atoms with E-state index in [-0.39, 0.29) is 0 Å². The van der Waals surface area contributed by atoms with E-state index in [0.29, 0.717) is 5.41 Å². The molecule has 0 unspecified atom stereocenters. The van der Waals surface area contributed by atoms with Crippen molar-refractivity contribution in [3.63, 3.8) is 0 Å². The van der Waals surface area contributed by atoms with E-state index >= 15 is 0 Å². The summed E-state index contributed by atoms with van der Waals surface area (Å²) in [6, 6.07) is 0.908. The third kappa shape index (κ3) is 3.94. The fourth-order valence-corrected chi connectivity index (χ4v) is 5.32. The van der Waals surface area contributed by atoms with Crippen LogP contribution in [0.1, 0.15) is 78.1 Å². The summed E-state index contributed by atoms with van der Waals surface area (Å²) in [7, 11) is 0. The summed E-state index contributed by atoms with van der Waals surface area (Å²) < 4.78 is 0. The Morgan fingerprint density at radius 2 is 1.65 bits per heavy atom. The number of hydrogen-bond donors (Lipinski definition) is 1. The van der Waals surface area contributed by atoms with Gasteiger partial charge in [0.05, 0.1) is 0 Å². The molecule has 0 N–H and O–H groups in total. The standard InChI is InChI=1S/C18H35NS/c1-3-11-18(15-20,12-4-2)14-19-13-7-9-16-8-5-6-10-17(16)19/h16-17,20H,3-15H2,1-2H3/t16-,17-/m1/s1. The highest BCUT2D eigenvalue weighted by atomic mass is 32.1. The Balaban J connectivity index is 2.03. The van der Waals surface area contributed by atoms with Crippen LogP contribution in [0.3, 0.4) is 0 Å². The topological polar surface area (TPSA) is 3.24 Å². The first kappa shape index (κ1) is 16.7. The lowest BCUT2D eigenvalue weighted by molar-refractivity contribution is 0.0239. The molecule has 1 aliphatic carbocycles. The summed E-state index contributed by atoms with van der Waals surface area (Å²) in [6.07, 6.45) is 14.2. The molecule has 1 heterocycles. The number of fused-ring (bicyclic) bond motifs is 1. The summed E-state index contributed by atoms with van der Waals surface area (Å²) in [5.41, 5.74) is 0.478. The van der Waals surface area contributed by atoms with Gasteiger partial charge in [-0.05, 0) is 62.2 Å². The largest absolute Gasteiger partial charge is 0.300 e. The highest BCUT2D eigenvalue weighted by molar-refractivity contribution is 7.80. The Morgan fingerprint density at radius 3 is 2.30 bits per heavy atom. The average molecular weight is 298 g/mol. The fraction of sp³-hybridized carbons (Fsp3) is 1.00. The molecule has 1 saturated carbocycles. The smallest absolute Gasteiger partial charge is 0.0124 e. The van der Waals surface area contributed by atoms with Gasteiger partial charge >= 0.3 is 0 Å². The Labute approximate surface area is 132 Å². The van der Waals surface area contributed by atoms with Gasteiger partial charge in [-0.25, -0.2) is 0 Å². The van der Waals surface area contributed by atoms with E-state index in [1.807, 2.05) is 0 Å². The summed E-state index contributed by atoms with van der Waals surface area (Å²) in [5, 5.41) is 0. The normalized spacial score (nSPS) is 28.4. The maximum absolute atomic E-state index is 4.76. The van der Waals surface area contributed by atoms with Crippen molar-refractivity contribution in [3.8, 4) is 0 Å². The van der Waals surface area contributed by atoms with Crippen LogP contribution >= 0.6 is 12.6 Å². The van der Waals surface area contributed by atoms with E-state index in [1.165, 1.54) is 77.3 Å². The molecule has 2 heteroatoms. The molecule has 0 aromatic heterocycles. The molecule has 20 heavy (non-hydrogen) atoms. The van der Waals surface area contributed by atoms with Crippen LogP contribution in [0.2, 0.25) is 0 Å². The maximum atomic E-state index is 4.76. The van der Waals surface area contributed by atoms with E-state index in [2.05, 4.69) is 18.7 Å². The molecule has 0 amide bonds. The zero-order valence-electron chi connectivity index (χ0n) is 13.7. The lowest BCUT2D eigenvalue weighted by Crippen LogP contribution is -2.51. The third-order valence-electron chi connectivity index (χ3n) is 5.79. The maximum Gasteiger partial charge on any atom is 0.0124 e. The van der Waals surface area contributed by atoms with Gasteiger partial charge in [-0.15, -0.1) is 0 Å². The molecule has 2 fully saturated rings. The molecule has 0 aromatic carbocycles. The van der Waals surface area contributed by atoms with Gasteiger partial charge < -0.3 is 0 Å². The second-order valence-corrected chi connectivity index (χ2v) is 7.70. The molecule has 0 radical (unpaired) electrons. The Bertz CT molecular complexity index is 271. The van der Waals surface area contributed by atoms with Crippen molar-refractivity contribution >= 4 is 12.6 Å². The van der Waals surface area contributed by atoms with E-state index in [4.69, 9.17) is 12.6 Å². The zero-order valence-corrected chi connectivity index (χ0v) is 14.6. The number of rotatable bonds is 7. The Hall–Kier alpha value is 0.310. The first-order chi connectivity index (χ1) is 9.74. The summed E-state index contributed by atoms with van der Waals surface area (Å²) in [6.45, 7) is 7.35. The summed E-state index contributed by atoms with van der Waals surface area (Å²) in [4.78, 5) is 2.88. The van der Waals surface area contributed by atoms with Gasteiger partial charge in [0, 0.05) is 12.6 Å². The minimum Gasteiger partial charge on any atom is -0.300 e. The van der Waals surface area contributed by atoms with Crippen LogP contribution in [0.15, 0.2) is 0 Å². The van der Waals surface area contributed by atoms with E-state index in [9.17, 15) is 0 Å². The zero-order chi connectivity index (χ0) is 14.4. The molecule has 1 aliphatic heterocycles. The van der Waals surface area contributed by atoms with Gasteiger partial charge in [0.1, 0.15) is 0 Å². The van der Waals surface area contributed by atoms with Crippen molar-refractivity contribution in [2.24, 2.45) is 11.3 Å². The minimum atomic E-state index is 0.478. The van der Waals surface area contributed by atoms with E-state index < -0.39 is 0 Å². The molecule has 118 valence electrons. The highest BCUT2D eigenvalue weighted by Crippen LogP contribution is 2.39. The van der Waals surface area contributed by atoms with Crippen molar-refractivity contribution in [1.82, 2.24) is 4.90 Å². The first-order valence-corrected chi connectivity index (χ1v) is 9.73. The minimum absolute atomic E-state index is 0.478. The summed E-state index contributed by atoms with van der Waals surface area (Å²) in [5.74, 6) is 2.08. The van der Waals surface area contributed by atoms with Crippen molar-refractivity contribution in [3.05, 3.63) is 0 Å². The lowest BCUT2D eigenvalue weighted by atomic mass is 9.75. The van der Waals surface area contributed by atoms with Crippen LogP contribution in [-0.2, 0) is 0 Å². The number of nitrogens with zero attached hydrogens (tertiary/aromatic N) is 1. The van der Waals surface area contributed by atoms with Gasteiger partial charge in [0.15, 0.2) is 0 Å². The molecule has 2 rings (SSSR count). The van der Waals surface area contributed by atoms with E-state index in [1.54, 1.807) is 0 Å². The van der Waals surface area contributed by atoms with Crippen molar-refractivity contribution < 1.29 is 0 Å². The fourth-order valence-electron chi connectivity index (χ4n) is 4.91. The molecular formula is C18H35NS.